The molecular formula is C14H18N2O4. The molecular weight excluding hydrogens is 260 g/mol. The van der Waals surface area contributed by atoms with Crippen molar-refractivity contribution in [2.45, 2.75) is 13.8 Å². The summed E-state index contributed by atoms with van der Waals surface area (Å²) in [6.07, 6.45) is 0. The third-order valence-electron chi connectivity index (χ3n) is 3.73. The third kappa shape index (κ3) is 2.59. The van der Waals surface area contributed by atoms with E-state index in [0.717, 1.165) is 0 Å². The maximum absolute atomic E-state index is 11.5. The highest BCUT2D eigenvalue weighted by molar-refractivity contribution is 5.90. The first kappa shape index (κ1) is 14.3. The zero-order valence-corrected chi connectivity index (χ0v) is 11.8. The average Bonchev–Trinajstić information content (AvgIpc) is 2.80. The summed E-state index contributed by atoms with van der Waals surface area (Å²) < 4.78 is 4.68. The molecule has 1 aromatic rings. The van der Waals surface area contributed by atoms with Gasteiger partial charge in [0.25, 0.3) is 0 Å². The Morgan fingerprint density at radius 1 is 1.40 bits per heavy atom. The number of aromatic nitrogens is 1. The minimum atomic E-state index is -0.775. The van der Waals surface area contributed by atoms with Crippen LogP contribution in [0.25, 0.3) is 0 Å². The van der Waals surface area contributed by atoms with Crippen LogP contribution in [-0.2, 0) is 9.53 Å². The molecule has 108 valence electrons. The topological polar surface area (TPSA) is 79.7 Å². The molecule has 0 radical (unpaired) electrons. The number of rotatable bonds is 3. The van der Waals surface area contributed by atoms with Crippen molar-refractivity contribution in [1.82, 2.24) is 4.98 Å². The molecule has 1 fully saturated rings. The van der Waals surface area contributed by atoms with Gasteiger partial charge in [0, 0.05) is 13.1 Å². The Morgan fingerprint density at radius 2 is 2.10 bits per heavy atom. The fourth-order valence-corrected chi connectivity index (χ4v) is 2.52. The molecule has 6 nitrogen and oxygen atoms in total. The molecule has 0 unspecified atom stereocenters. The van der Waals surface area contributed by atoms with Crippen molar-refractivity contribution in [1.29, 1.82) is 0 Å². The highest BCUT2D eigenvalue weighted by atomic mass is 16.5. The largest absolute Gasteiger partial charge is 0.481 e. The normalized spacial score (nSPS) is 21.9. The first-order valence-corrected chi connectivity index (χ1v) is 6.47. The van der Waals surface area contributed by atoms with E-state index in [-0.39, 0.29) is 11.8 Å². The van der Waals surface area contributed by atoms with Gasteiger partial charge in [-0.1, -0.05) is 6.92 Å². The van der Waals surface area contributed by atoms with Gasteiger partial charge in [-0.3, -0.25) is 4.79 Å². The van der Waals surface area contributed by atoms with Crippen molar-refractivity contribution in [2.75, 3.05) is 25.1 Å². The lowest BCUT2D eigenvalue weighted by Gasteiger charge is -2.18. The molecule has 20 heavy (non-hydrogen) atoms. The summed E-state index contributed by atoms with van der Waals surface area (Å²) in [6, 6.07) is 3.40. The maximum atomic E-state index is 11.5. The molecule has 0 spiro atoms. The molecule has 1 aromatic heterocycles. The lowest BCUT2D eigenvalue weighted by molar-refractivity contribution is -0.142. The number of esters is 1. The van der Waals surface area contributed by atoms with Crippen LogP contribution in [0.4, 0.5) is 5.82 Å². The predicted molar refractivity (Wildman–Crippen MR) is 72.8 cm³/mol. The number of carbonyl (C=O) groups excluding carboxylic acids is 1. The quantitative estimate of drug-likeness (QED) is 0.840. The number of carboxylic acid groups (broad SMARTS) is 1. The number of ether oxygens (including phenoxy) is 1. The van der Waals surface area contributed by atoms with E-state index in [2.05, 4.69) is 9.72 Å². The summed E-state index contributed by atoms with van der Waals surface area (Å²) >= 11 is 0. The highest BCUT2D eigenvalue weighted by Crippen LogP contribution is 2.27. The van der Waals surface area contributed by atoms with Crippen molar-refractivity contribution in [3.05, 3.63) is 23.4 Å². The van der Waals surface area contributed by atoms with Crippen LogP contribution in [-0.4, -0.2) is 42.2 Å². The van der Waals surface area contributed by atoms with Gasteiger partial charge in [-0.2, -0.15) is 0 Å². The second-order valence-electron chi connectivity index (χ2n) is 5.12. The standard InChI is InChI=1S/C14H18N2O4/c1-8-6-16(7-11(8)13(17)18)12-5-4-10(9(2)15-12)14(19)20-3/h4-5,8,11H,6-7H2,1-3H3,(H,17,18)/t8-,11-/m1/s1. The van der Waals surface area contributed by atoms with Crippen molar-refractivity contribution in [3.8, 4) is 0 Å². The summed E-state index contributed by atoms with van der Waals surface area (Å²) in [5, 5.41) is 9.14. The second-order valence-corrected chi connectivity index (χ2v) is 5.12. The Kier molecular flexibility index (Phi) is 3.92. The van der Waals surface area contributed by atoms with Crippen molar-refractivity contribution in [3.63, 3.8) is 0 Å². The monoisotopic (exact) mass is 278 g/mol. The van der Waals surface area contributed by atoms with Crippen LogP contribution in [0.15, 0.2) is 12.1 Å². The first-order chi connectivity index (χ1) is 9.43. The zero-order chi connectivity index (χ0) is 14.9. The van der Waals surface area contributed by atoms with Crippen LogP contribution in [0, 0.1) is 18.8 Å². The fourth-order valence-electron chi connectivity index (χ4n) is 2.52. The van der Waals surface area contributed by atoms with Gasteiger partial charge in [0.1, 0.15) is 5.82 Å². The van der Waals surface area contributed by atoms with Gasteiger partial charge in [-0.25, -0.2) is 9.78 Å². The molecule has 0 aromatic carbocycles. The highest BCUT2D eigenvalue weighted by Gasteiger charge is 2.35. The second kappa shape index (κ2) is 5.48. The smallest absolute Gasteiger partial charge is 0.339 e. The van der Waals surface area contributed by atoms with Crippen LogP contribution in [0.2, 0.25) is 0 Å². The minimum absolute atomic E-state index is 0.0786. The lowest BCUT2D eigenvalue weighted by atomic mass is 9.99. The van der Waals surface area contributed by atoms with Gasteiger partial charge < -0.3 is 14.7 Å². The van der Waals surface area contributed by atoms with E-state index in [0.29, 0.717) is 30.2 Å². The van der Waals surface area contributed by atoms with Gasteiger partial charge in [0.15, 0.2) is 0 Å². The van der Waals surface area contributed by atoms with Gasteiger partial charge in [0.2, 0.25) is 0 Å². The molecule has 0 saturated carbocycles. The van der Waals surface area contributed by atoms with Crippen LogP contribution in [0.5, 0.6) is 0 Å². The van der Waals surface area contributed by atoms with Crippen molar-refractivity contribution >= 4 is 17.8 Å². The number of methoxy groups -OCH3 is 1. The summed E-state index contributed by atoms with van der Waals surface area (Å²) in [5.74, 6) is -0.791. The van der Waals surface area contributed by atoms with Crippen LogP contribution in [0.1, 0.15) is 23.0 Å². The molecule has 2 rings (SSSR count). The molecule has 1 N–H and O–H groups in total. The van der Waals surface area contributed by atoms with Crippen LogP contribution < -0.4 is 4.90 Å². The maximum Gasteiger partial charge on any atom is 0.339 e. The number of aliphatic carboxylic acids is 1. The Labute approximate surface area is 117 Å². The summed E-state index contributed by atoms with van der Waals surface area (Å²) in [7, 11) is 1.33. The molecule has 1 aliphatic heterocycles. The molecule has 0 bridgehead atoms. The van der Waals surface area contributed by atoms with E-state index in [4.69, 9.17) is 5.11 Å². The Morgan fingerprint density at radius 3 is 2.60 bits per heavy atom. The van der Waals surface area contributed by atoms with E-state index in [1.54, 1.807) is 19.1 Å². The van der Waals surface area contributed by atoms with E-state index in [9.17, 15) is 9.59 Å². The zero-order valence-electron chi connectivity index (χ0n) is 11.8. The molecule has 2 atom stereocenters. The number of hydrogen-bond donors (Lipinski definition) is 1. The molecule has 2 heterocycles. The number of nitrogens with zero attached hydrogens (tertiary/aromatic N) is 2. The van der Waals surface area contributed by atoms with Crippen LogP contribution in [0.3, 0.4) is 0 Å². The number of hydrogen-bond acceptors (Lipinski definition) is 5. The first-order valence-electron chi connectivity index (χ1n) is 6.47. The van der Waals surface area contributed by atoms with Gasteiger partial charge >= 0.3 is 11.9 Å². The number of carbonyl (C=O) groups is 2. The van der Waals surface area contributed by atoms with Gasteiger partial charge in [-0.15, -0.1) is 0 Å². The number of pyridine rings is 1. The molecule has 1 aliphatic rings. The van der Waals surface area contributed by atoms with Crippen molar-refractivity contribution in [2.24, 2.45) is 11.8 Å². The molecule has 1 saturated heterocycles. The third-order valence-corrected chi connectivity index (χ3v) is 3.73. The summed E-state index contributed by atoms with van der Waals surface area (Å²) in [6.45, 7) is 4.76. The predicted octanol–water partition coefficient (Wildman–Crippen LogP) is 1.33. The number of aryl methyl sites for hydroxylation is 1. The average molecular weight is 278 g/mol. The van der Waals surface area contributed by atoms with Gasteiger partial charge in [0.05, 0.1) is 24.3 Å². The number of anilines is 1. The minimum Gasteiger partial charge on any atom is -0.481 e. The van der Waals surface area contributed by atoms with E-state index in [1.807, 2.05) is 11.8 Å². The van der Waals surface area contributed by atoms with Gasteiger partial charge in [-0.05, 0) is 25.0 Å². The summed E-state index contributed by atoms with van der Waals surface area (Å²) in [5.41, 5.74) is 1.01. The Balaban J connectivity index is 2.21. The van der Waals surface area contributed by atoms with E-state index in [1.165, 1.54) is 7.11 Å². The molecule has 6 heteroatoms. The SMILES string of the molecule is COC(=O)c1ccc(N2C[C@@H](C)[C@H](C(=O)O)C2)nc1C. The van der Waals surface area contributed by atoms with E-state index >= 15 is 0 Å². The molecule has 0 aliphatic carbocycles. The Bertz CT molecular complexity index is 544. The lowest BCUT2D eigenvalue weighted by Crippen LogP contribution is -2.24. The van der Waals surface area contributed by atoms with Crippen LogP contribution >= 0.6 is 0 Å². The fraction of sp³-hybridized carbons (Fsp3) is 0.500. The van der Waals surface area contributed by atoms with E-state index < -0.39 is 11.9 Å². The number of carboxylic acids is 1. The molecule has 0 amide bonds. The summed E-state index contributed by atoms with van der Waals surface area (Å²) in [4.78, 5) is 29.0. The Hall–Kier alpha value is -2.11. The van der Waals surface area contributed by atoms with Crippen molar-refractivity contribution < 1.29 is 19.4 Å².